The van der Waals surface area contributed by atoms with Gasteiger partial charge in [-0.3, -0.25) is 4.55 Å². The molecule has 0 aliphatic rings. The summed E-state index contributed by atoms with van der Waals surface area (Å²) in [5, 5.41) is 15.6. The van der Waals surface area contributed by atoms with Gasteiger partial charge in [0.2, 0.25) is 0 Å². The van der Waals surface area contributed by atoms with Crippen LogP contribution in [0.25, 0.3) is 0 Å². The van der Waals surface area contributed by atoms with E-state index in [1.807, 2.05) is 0 Å². The van der Waals surface area contributed by atoms with Crippen molar-refractivity contribution in [2.24, 2.45) is 0 Å². The van der Waals surface area contributed by atoms with Crippen LogP contribution in [0.2, 0.25) is 0 Å². The molecule has 0 fully saturated rings. The predicted molar refractivity (Wildman–Crippen MR) is 115 cm³/mol. The first-order valence-electron chi connectivity index (χ1n) is 10.6. The van der Waals surface area contributed by atoms with Gasteiger partial charge in [-0.15, -0.1) is 0 Å². The average Bonchev–Trinajstić information content (AvgIpc) is 2.63. The Morgan fingerprint density at radius 2 is 1.10 bits per heavy atom. The van der Waals surface area contributed by atoms with Crippen LogP contribution >= 0.6 is 0 Å². The summed E-state index contributed by atoms with van der Waals surface area (Å²) in [5.41, 5.74) is 0. The van der Waals surface area contributed by atoms with Gasteiger partial charge in [0.25, 0.3) is 10.1 Å². The van der Waals surface area contributed by atoms with Crippen LogP contribution in [0.3, 0.4) is 0 Å². The Morgan fingerprint density at radius 1 is 0.733 bits per heavy atom. The first-order chi connectivity index (χ1) is 13.7. The number of aliphatic carboxylic acids is 2. The van der Waals surface area contributed by atoms with Gasteiger partial charge in [-0.25, -0.2) is 9.59 Å². The summed E-state index contributed by atoms with van der Waals surface area (Å²) in [6, 6.07) is 0. The Hall–Kier alpha value is -0.410. The van der Waals surface area contributed by atoms with E-state index in [4.69, 9.17) is 14.8 Å². The fourth-order valence-electron chi connectivity index (χ4n) is 2.65. The molecule has 0 aliphatic heterocycles. The molecule has 0 unspecified atom stereocenters. The minimum atomic E-state index is -3.76. The molecule has 0 aromatic rings. The van der Waals surface area contributed by atoms with Crippen molar-refractivity contribution >= 4 is 22.1 Å². The second-order valence-electron chi connectivity index (χ2n) is 7.05. The Labute approximate surface area is 204 Å². The molecule has 0 rings (SSSR count). The van der Waals surface area contributed by atoms with E-state index < -0.39 is 22.1 Å². The molecule has 0 heterocycles. The predicted octanol–water partition coefficient (Wildman–Crippen LogP) is 2.28. The molecule has 0 atom stereocenters. The van der Waals surface area contributed by atoms with E-state index in [-0.39, 0.29) is 35.3 Å². The van der Waals surface area contributed by atoms with Gasteiger partial charge >= 0.3 is 41.5 Å². The van der Waals surface area contributed by atoms with Crippen LogP contribution < -0.4 is 29.6 Å². The van der Waals surface area contributed by atoms with Crippen LogP contribution in [0, 0.1) is 6.42 Å². The van der Waals surface area contributed by atoms with Crippen molar-refractivity contribution in [3.8, 4) is 0 Å². The van der Waals surface area contributed by atoms with Gasteiger partial charge in [0.15, 0.2) is 0 Å². The van der Waals surface area contributed by atoms with E-state index in [0.717, 1.165) is 12.8 Å². The molecule has 0 amide bonds. The van der Waals surface area contributed by atoms with Crippen molar-refractivity contribution in [1.82, 2.24) is 0 Å². The molecule has 7 nitrogen and oxygen atoms in total. The summed E-state index contributed by atoms with van der Waals surface area (Å²) < 4.78 is 29.6. The normalized spacial score (nSPS) is 10.9. The zero-order valence-corrected chi connectivity index (χ0v) is 21.5. The van der Waals surface area contributed by atoms with E-state index in [0.29, 0.717) is 18.6 Å². The topological polar surface area (TPSA) is 129 Å². The molecule has 0 radical (unpaired) electrons. The van der Waals surface area contributed by atoms with Gasteiger partial charge in [-0.05, 0) is 0 Å². The van der Waals surface area contributed by atoms with Gasteiger partial charge in [0, 0.05) is 12.2 Å². The second-order valence-corrected chi connectivity index (χ2v) is 8.62. The number of carboxylic acids is 2. The summed E-state index contributed by atoms with van der Waals surface area (Å²) in [6.45, 7) is 2.26. The Bertz CT molecular complexity index is 517. The summed E-state index contributed by atoms with van der Waals surface area (Å²) in [5.74, 6) is -2.62. The van der Waals surface area contributed by atoms with Crippen LogP contribution in [0.15, 0.2) is 12.2 Å². The number of carbonyl (C=O) groups is 2. The van der Waals surface area contributed by atoms with Crippen molar-refractivity contribution in [2.75, 3.05) is 5.75 Å². The molecule has 0 aliphatic carbocycles. The molecule has 0 aromatic carbocycles. The van der Waals surface area contributed by atoms with Crippen LogP contribution in [0.4, 0.5) is 0 Å². The standard InChI is InChI=1S/C17H35O3S.C4H4O4.Na/c1-2-3-4-5-6-7-8-9-10-11-12-13-14-15-16-17-21(18,19)20;5-3(6)1-2-4(7)8;/h14H,2-13,15-17H2,1H3,(H,18,19,20);1-2H,(H,5,6)(H,7,8);/q-1;;+1/b;2-1-;. The number of hydrogen-bond donors (Lipinski definition) is 3. The first-order valence-corrected chi connectivity index (χ1v) is 12.2. The van der Waals surface area contributed by atoms with Crippen molar-refractivity contribution in [3.63, 3.8) is 0 Å². The number of hydrogen-bond acceptors (Lipinski definition) is 4. The van der Waals surface area contributed by atoms with E-state index >= 15 is 0 Å². The zero-order valence-electron chi connectivity index (χ0n) is 18.7. The maximum Gasteiger partial charge on any atom is 1.00 e. The smallest absolute Gasteiger partial charge is 0.478 e. The van der Waals surface area contributed by atoms with Crippen molar-refractivity contribution in [2.45, 2.75) is 96.8 Å². The molecule has 0 aromatic heterocycles. The molecule has 30 heavy (non-hydrogen) atoms. The van der Waals surface area contributed by atoms with Crippen LogP contribution in [0.1, 0.15) is 96.8 Å². The fourth-order valence-corrected chi connectivity index (χ4v) is 3.18. The van der Waals surface area contributed by atoms with Gasteiger partial charge in [0.1, 0.15) is 0 Å². The quantitative estimate of drug-likeness (QED) is 0.0945. The molecular weight excluding hydrogens is 419 g/mol. The SMILES string of the molecule is CCCCCCCCCCCCC[CH-]CCCS(=O)(=O)O.O=C(O)/C=C\C(=O)O.[Na+]. The van der Waals surface area contributed by atoms with Gasteiger partial charge in [-0.2, -0.15) is 21.3 Å². The van der Waals surface area contributed by atoms with E-state index in [2.05, 4.69) is 13.3 Å². The minimum Gasteiger partial charge on any atom is -0.478 e. The molecule has 9 heteroatoms. The molecule has 0 bridgehead atoms. The summed E-state index contributed by atoms with van der Waals surface area (Å²) in [6.07, 6.45) is 20.6. The number of unbranched alkanes of at least 4 members (excludes halogenated alkanes) is 14. The van der Waals surface area contributed by atoms with Gasteiger partial charge < -0.3 is 16.6 Å². The van der Waals surface area contributed by atoms with Crippen molar-refractivity contribution in [1.29, 1.82) is 0 Å². The Kier molecular flexibility index (Phi) is 28.3. The molecule has 3 N–H and O–H groups in total. The van der Waals surface area contributed by atoms with Gasteiger partial charge in [-0.1, -0.05) is 84.0 Å². The van der Waals surface area contributed by atoms with E-state index in [1.165, 1.54) is 70.6 Å². The van der Waals surface area contributed by atoms with E-state index in [1.54, 1.807) is 0 Å². The number of carboxylic acid groups (broad SMARTS) is 2. The monoisotopic (exact) mass is 458 g/mol. The summed E-state index contributed by atoms with van der Waals surface area (Å²) in [7, 11) is -3.76. The fraction of sp³-hybridized carbons (Fsp3) is 0.762. The van der Waals surface area contributed by atoms with Crippen LogP contribution in [-0.2, 0) is 19.7 Å². The largest absolute Gasteiger partial charge is 1.00 e. The Morgan fingerprint density at radius 3 is 1.47 bits per heavy atom. The molecule has 172 valence electrons. The van der Waals surface area contributed by atoms with Crippen molar-refractivity contribution < 1.29 is 62.3 Å². The first kappa shape index (κ1) is 34.2. The molecule has 0 spiro atoms. The van der Waals surface area contributed by atoms with Crippen molar-refractivity contribution in [3.05, 3.63) is 18.6 Å². The second kappa shape index (κ2) is 24.9. The zero-order chi connectivity index (χ0) is 22.4. The summed E-state index contributed by atoms with van der Waals surface area (Å²) in [4.78, 5) is 19.1. The van der Waals surface area contributed by atoms with E-state index in [9.17, 15) is 18.0 Å². The molecular formula is C21H39NaO7S. The summed E-state index contributed by atoms with van der Waals surface area (Å²) >= 11 is 0. The molecule has 0 saturated carbocycles. The van der Waals surface area contributed by atoms with Crippen LogP contribution in [0.5, 0.6) is 0 Å². The third-order valence-corrected chi connectivity index (χ3v) is 5.00. The Balaban J connectivity index is -0.000000686. The minimum absolute atomic E-state index is 0. The molecule has 0 saturated heterocycles. The van der Waals surface area contributed by atoms with Crippen LogP contribution in [-0.4, -0.2) is 40.9 Å². The van der Waals surface area contributed by atoms with Gasteiger partial charge in [0.05, 0.1) is 5.75 Å². The maximum atomic E-state index is 10.5. The maximum absolute atomic E-state index is 10.5. The third kappa shape index (κ3) is 38.2. The third-order valence-electron chi connectivity index (χ3n) is 4.19. The number of rotatable bonds is 18. The average molecular weight is 459 g/mol.